The number of pyridine rings is 1. The van der Waals surface area contributed by atoms with E-state index in [1.54, 1.807) is 6.20 Å². The van der Waals surface area contributed by atoms with Crippen molar-refractivity contribution in [3.8, 4) is 5.88 Å². The monoisotopic (exact) mass is 279 g/mol. The molecule has 0 bridgehead atoms. The molecule has 0 fully saturated rings. The van der Waals surface area contributed by atoms with E-state index in [-0.39, 0.29) is 24.1 Å². The first-order chi connectivity index (χ1) is 9.28. The van der Waals surface area contributed by atoms with E-state index in [0.717, 1.165) is 5.56 Å². The summed E-state index contributed by atoms with van der Waals surface area (Å²) in [5.74, 6) is 0.596. The Morgan fingerprint density at radius 3 is 2.70 bits per heavy atom. The Labute approximate surface area is 121 Å². The molecule has 0 unspecified atom stereocenters. The Hall–Kier alpha value is -1.62. The van der Waals surface area contributed by atoms with Crippen molar-refractivity contribution in [3.05, 3.63) is 23.9 Å². The van der Waals surface area contributed by atoms with Gasteiger partial charge in [-0.25, -0.2) is 4.98 Å². The molecule has 1 amide bonds. The number of amides is 1. The summed E-state index contributed by atoms with van der Waals surface area (Å²) in [6, 6.07) is 3.80. The molecule has 5 heteroatoms. The van der Waals surface area contributed by atoms with Crippen molar-refractivity contribution in [1.82, 2.24) is 15.6 Å². The highest BCUT2D eigenvalue weighted by Gasteiger charge is 2.13. The topological polar surface area (TPSA) is 63.2 Å². The average molecular weight is 279 g/mol. The smallest absolute Gasteiger partial charge is 0.234 e. The molecule has 0 aliphatic rings. The Morgan fingerprint density at radius 1 is 1.40 bits per heavy atom. The van der Waals surface area contributed by atoms with Crippen molar-refractivity contribution in [2.24, 2.45) is 0 Å². The number of hydrogen-bond acceptors (Lipinski definition) is 4. The molecular weight excluding hydrogens is 254 g/mol. The van der Waals surface area contributed by atoms with E-state index in [4.69, 9.17) is 4.74 Å². The van der Waals surface area contributed by atoms with Gasteiger partial charge in [0.25, 0.3) is 0 Å². The molecule has 5 nitrogen and oxygen atoms in total. The van der Waals surface area contributed by atoms with Crippen LogP contribution in [0.4, 0.5) is 0 Å². The first-order valence-corrected chi connectivity index (χ1v) is 6.90. The van der Waals surface area contributed by atoms with Gasteiger partial charge in [-0.1, -0.05) is 6.07 Å². The van der Waals surface area contributed by atoms with Crippen LogP contribution in [0.1, 0.15) is 40.2 Å². The van der Waals surface area contributed by atoms with E-state index in [1.807, 2.05) is 46.8 Å². The molecule has 1 rings (SSSR count). The molecule has 1 heterocycles. The molecule has 1 aromatic rings. The normalized spacial score (nSPS) is 11.5. The molecule has 20 heavy (non-hydrogen) atoms. The third-order valence-corrected chi connectivity index (χ3v) is 2.31. The van der Waals surface area contributed by atoms with Crippen molar-refractivity contribution in [2.45, 2.75) is 52.8 Å². The lowest BCUT2D eigenvalue weighted by atomic mass is 10.1. The Morgan fingerprint density at radius 2 is 2.10 bits per heavy atom. The number of carbonyl (C=O) groups is 1. The summed E-state index contributed by atoms with van der Waals surface area (Å²) in [4.78, 5) is 15.9. The highest BCUT2D eigenvalue weighted by Crippen LogP contribution is 2.15. The summed E-state index contributed by atoms with van der Waals surface area (Å²) in [5, 5.41) is 6.01. The van der Waals surface area contributed by atoms with Crippen LogP contribution in [0.15, 0.2) is 18.3 Å². The Bertz CT molecular complexity index is 439. The van der Waals surface area contributed by atoms with Crippen LogP contribution in [0.2, 0.25) is 0 Å². The van der Waals surface area contributed by atoms with Crippen LogP contribution < -0.4 is 15.4 Å². The quantitative estimate of drug-likeness (QED) is 0.834. The zero-order valence-electron chi connectivity index (χ0n) is 13.0. The molecule has 0 aliphatic carbocycles. The largest absolute Gasteiger partial charge is 0.475 e. The molecule has 0 aliphatic heterocycles. The van der Waals surface area contributed by atoms with Crippen LogP contribution in [-0.2, 0) is 11.3 Å². The molecule has 0 saturated carbocycles. The van der Waals surface area contributed by atoms with E-state index < -0.39 is 0 Å². The maximum Gasteiger partial charge on any atom is 0.234 e. The van der Waals surface area contributed by atoms with Gasteiger partial charge in [0.2, 0.25) is 11.8 Å². The van der Waals surface area contributed by atoms with Gasteiger partial charge in [0, 0.05) is 23.8 Å². The zero-order valence-corrected chi connectivity index (χ0v) is 13.0. The van der Waals surface area contributed by atoms with E-state index in [9.17, 15) is 4.79 Å². The standard InChI is InChI=1S/C15H25N3O2/c1-11(2)20-14-12(7-6-8-17-14)9-16-10-13(19)18-15(3,4)5/h6-8,11,16H,9-10H2,1-5H3,(H,18,19). The Balaban J connectivity index is 2.48. The summed E-state index contributed by atoms with van der Waals surface area (Å²) in [6.45, 7) is 10.6. The fourth-order valence-electron chi connectivity index (χ4n) is 1.66. The lowest BCUT2D eigenvalue weighted by Crippen LogP contribution is -2.44. The van der Waals surface area contributed by atoms with E-state index >= 15 is 0 Å². The second-order valence-electron chi connectivity index (χ2n) is 6.04. The minimum absolute atomic E-state index is 0.0206. The van der Waals surface area contributed by atoms with Crippen LogP contribution >= 0.6 is 0 Å². The molecule has 0 aromatic carbocycles. The predicted octanol–water partition coefficient (Wildman–Crippen LogP) is 1.87. The van der Waals surface area contributed by atoms with Gasteiger partial charge in [0.15, 0.2) is 0 Å². The van der Waals surface area contributed by atoms with Crippen molar-refractivity contribution in [3.63, 3.8) is 0 Å². The maximum absolute atomic E-state index is 11.7. The molecule has 0 spiro atoms. The fourth-order valence-corrected chi connectivity index (χ4v) is 1.66. The van der Waals surface area contributed by atoms with Crippen molar-refractivity contribution >= 4 is 5.91 Å². The number of nitrogens with one attached hydrogen (secondary N) is 2. The SMILES string of the molecule is CC(C)Oc1ncccc1CNCC(=O)NC(C)(C)C. The number of aromatic nitrogens is 1. The van der Waals surface area contributed by atoms with Crippen LogP contribution in [0.25, 0.3) is 0 Å². The highest BCUT2D eigenvalue weighted by atomic mass is 16.5. The molecule has 2 N–H and O–H groups in total. The van der Waals surface area contributed by atoms with Crippen molar-refractivity contribution in [2.75, 3.05) is 6.54 Å². The summed E-state index contributed by atoms with van der Waals surface area (Å²) in [6.07, 6.45) is 1.78. The molecule has 1 aromatic heterocycles. The first-order valence-electron chi connectivity index (χ1n) is 6.90. The lowest BCUT2D eigenvalue weighted by molar-refractivity contribution is -0.121. The van der Waals surface area contributed by atoms with Crippen LogP contribution in [0.3, 0.4) is 0 Å². The number of hydrogen-bond donors (Lipinski definition) is 2. The van der Waals surface area contributed by atoms with Crippen LogP contribution in [0, 0.1) is 0 Å². The Kier molecular flexibility index (Phi) is 5.95. The second kappa shape index (κ2) is 7.24. The molecule has 112 valence electrons. The summed E-state index contributed by atoms with van der Waals surface area (Å²) < 4.78 is 5.63. The van der Waals surface area contributed by atoms with Gasteiger partial charge in [-0.3, -0.25) is 4.79 Å². The van der Waals surface area contributed by atoms with Gasteiger partial charge in [-0.05, 0) is 40.7 Å². The summed E-state index contributed by atoms with van der Waals surface area (Å²) >= 11 is 0. The van der Waals surface area contributed by atoms with Crippen LogP contribution in [0.5, 0.6) is 5.88 Å². The zero-order chi connectivity index (χ0) is 15.2. The van der Waals surface area contributed by atoms with Gasteiger partial charge in [0.05, 0.1) is 12.6 Å². The van der Waals surface area contributed by atoms with Gasteiger partial charge in [-0.2, -0.15) is 0 Å². The lowest BCUT2D eigenvalue weighted by Gasteiger charge is -2.20. The molecule has 0 radical (unpaired) electrons. The predicted molar refractivity (Wildman–Crippen MR) is 79.6 cm³/mol. The maximum atomic E-state index is 11.7. The molecule has 0 atom stereocenters. The highest BCUT2D eigenvalue weighted by molar-refractivity contribution is 5.78. The first kappa shape index (κ1) is 16.4. The average Bonchev–Trinajstić information content (AvgIpc) is 2.28. The van der Waals surface area contributed by atoms with Gasteiger partial charge < -0.3 is 15.4 Å². The number of nitrogens with zero attached hydrogens (tertiary/aromatic N) is 1. The minimum Gasteiger partial charge on any atom is -0.475 e. The van der Waals surface area contributed by atoms with E-state index in [1.165, 1.54) is 0 Å². The number of ether oxygens (including phenoxy) is 1. The van der Waals surface area contributed by atoms with Gasteiger partial charge in [0.1, 0.15) is 0 Å². The third kappa shape index (κ3) is 6.52. The second-order valence-corrected chi connectivity index (χ2v) is 6.04. The molecule has 0 saturated heterocycles. The summed E-state index contributed by atoms with van der Waals surface area (Å²) in [5.41, 5.74) is 0.740. The van der Waals surface area contributed by atoms with E-state index in [0.29, 0.717) is 12.4 Å². The van der Waals surface area contributed by atoms with Gasteiger partial charge in [-0.15, -0.1) is 0 Å². The van der Waals surface area contributed by atoms with Crippen LogP contribution in [-0.4, -0.2) is 29.1 Å². The van der Waals surface area contributed by atoms with Gasteiger partial charge >= 0.3 is 0 Å². The fraction of sp³-hybridized carbons (Fsp3) is 0.600. The number of rotatable bonds is 6. The third-order valence-electron chi connectivity index (χ3n) is 2.31. The van der Waals surface area contributed by atoms with Crippen molar-refractivity contribution in [1.29, 1.82) is 0 Å². The minimum atomic E-state index is -0.209. The molecular formula is C15H25N3O2. The summed E-state index contributed by atoms with van der Waals surface area (Å²) in [7, 11) is 0. The van der Waals surface area contributed by atoms with E-state index in [2.05, 4.69) is 15.6 Å². The number of carbonyl (C=O) groups excluding carboxylic acids is 1. The van der Waals surface area contributed by atoms with Crippen molar-refractivity contribution < 1.29 is 9.53 Å².